The molecule has 0 N–H and O–H groups in total. The first kappa shape index (κ1) is 62.6. The number of carbonyl (C=O) groups excluding carboxylic acids is 3. The fraction of sp³-hybridized carbons (Fsp3) is 0.717. The maximum Gasteiger partial charge on any atom is 0.306 e. The highest BCUT2D eigenvalue weighted by Crippen LogP contribution is 2.15. The largest absolute Gasteiger partial charge is 0.462 e. The molecular weight excluding hydrogens is 817 g/mol. The normalized spacial score (nSPS) is 12.7. The lowest BCUT2D eigenvalue weighted by Crippen LogP contribution is -2.30. The molecule has 0 aromatic rings. The maximum absolute atomic E-state index is 12.8. The SMILES string of the molecule is CC/C=C\C/C=C\C/C=C\CCCCCCCCCCCC(=O)OCC(COC(=O)CCCCCC/C=C\C/C=C\C/C=C\CC)OC(=O)CCCCCCCCC/C=C\CCCCCC. The number of allylic oxidation sites excluding steroid dienone is 14. The first-order valence-corrected chi connectivity index (χ1v) is 27.6. The first-order valence-electron chi connectivity index (χ1n) is 27.6. The maximum atomic E-state index is 12.8. The van der Waals surface area contributed by atoms with Gasteiger partial charge in [-0.2, -0.15) is 0 Å². The number of esters is 3. The molecule has 6 nitrogen and oxygen atoms in total. The van der Waals surface area contributed by atoms with E-state index < -0.39 is 6.10 Å². The summed E-state index contributed by atoms with van der Waals surface area (Å²) in [4.78, 5) is 38.1. The van der Waals surface area contributed by atoms with Gasteiger partial charge in [-0.1, -0.05) is 215 Å². The molecule has 1 atom stereocenters. The Hall–Kier alpha value is -3.41. The van der Waals surface area contributed by atoms with Gasteiger partial charge in [0.15, 0.2) is 6.10 Å². The molecule has 0 spiro atoms. The number of rotatable bonds is 49. The zero-order valence-electron chi connectivity index (χ0n) is 43.2. The summed E-state index contributed by atoms with van der Waals surface area (Å²) in [6.45, 7) is 6.38. The van der Waals surface area contributed by atoms with E-state index in [0.717, 1.165) is 109 Å². The van der Waals surface area contributed by atoms with Gasteiger partial charge < -0.3 is 14.2 Å². The molecule has 0 saturated heterocycles. The van der Waals surface area contributed by atoms with Crippen molar-refractivity contribution in [2.24, 2.45) is 0 Å². The molecule has 378 valence electrons. The highest BCUT2D eigenvalue weighted by Gasteiger charge is 2.19. The second-order valence-electron chi connectivity index (χ2n) is 18.1. The van der Waals surface area contributed by atoms with Gasteiger partial charge in [0.25, 0.3) is 0 Å². The van der Waals surface area contributed by atoms with Crippen molar-refractivity contribution in [3.05, 3.63) is 85.1 Å². The smallest absolute Gasteiger partial charge is 0.306 e. The number of ether oxygens (including phenoxy) is 3. The molecule has 0 radical (unpaired) electrons. The van der Waals surface area contributed by atoms with Crippen molar-refractivity contribution in [1.29, 1.82) is 0 Å². The van der Waals surface area contributed by atoms with Gasteiger partial charge in [0.05, 0.1) is 0 Å². The van der Waals surface area contributed by atoms with Crippen LogP contribution in [0, 0.1) is 0 Å². The van der Waals surface area contributed by atoms with E-state index in [1.54, 1.807) is 0 Å². The van der Waals surface area contributed by atoms with E-state index in [2.05, 4.69) is 106 Å². The van der Waals surface area contributed by atoms with Crippen LogP contribution in [-0.4, -0.2) is 37.2 Å². The molecular formula is C60H102O6. The average Bonchev–Trinajstić information content (AvgIpc) is 3.31. The summed E-state index contributed by atoms with van der Waals surface area (Å²) in [6, 6.07) is 0. The van der Waals surface area contributed by atoms with Crippen LogP contribution in [0.1, 0.15) is 258 Å². The highest BCUT2D eigenvalue weighted by molar-refractivity contribution is 5.71. The van der Waals surface area contributed by atoms with Crippen molar-refractivity contribution in [2.75, 3.05) is 13.2 Å². The molecule has 0 aromatic heterocycles. The Morgan fingerprint density at radius 1 is 0.318 bits per heavy atom. The van der Waals surface area contributed by atoms with E-state index in [1.165, 1.54) is 109 Å². The zero-order chi connectivity index (χ0) is 47.9. The third-order valence-electron chi connectivity index (χ3n) is 11.6. The molecule has 0 bridgehead atoms. The molecule has 0 saturated carbocycles. The van der Waals surface area contributed by atoms with Crippen LogP contribution in [0.3, 0.4) is 0 Å². The lowest BCUT2D eigenvalue weighted by molar-refractivity contribution is -0.167. The van der Waals surface area contributed by atoms with Crippen LogP contribution in [0.2, 0.25) is 0 Å². The zero-order valence-corrected chi connectivity index (χ0v) is 43.2. The Labute approximate surface area is 407 Å². The summed E-state index contributed by atoms with van der Waals surface area (Å²) in [6.07, 6.45) is 69.9. The molecule has 0 fully saturated rings. The second-order valence-corrected chi connectivity index (χ2v) is 18.1. The Morgan fingerprint density at radius 2 is 0.591 bits per heavy atom. The molecule has 6 heteroatoms. The monoisotopic (exact) mass is 919 g/mol. The van der Waals surface area contributed by atoms with Crippen LogP contribution < -0.4 is 0 Å². The number of hydrogen-bond acceptors (Lipinski definition) is 6. The molecule has 0 aliphatic heterocycles. The summed E-state index contributed by atoms with van der Waals surface area (Å²) in [5.74, 6) is -0.917. The van der Waals surface area contributed by atoms with Gasteiger partial charge in [0.1, 0.15) is 13.2 Å². The van der Waals surface area contributed by atoms with E-state index in [4.69, 9.17) is 14.2 Å². The van der Waals surface area contributed by atoms with Gasteiger partial charge in [0, 0.05) is 19.3 Å². The van der Waals surface area contributed by atoms with E-state index in [9.17, 15) is 14.4 Å². The Bertz CT molecular complexity index is 1290. The van der Waals surface area contributed by atoms with Crippen LogP contribution in [0.4, 0.5) is 0 Å². The molecule has 1 unspecified atom stereocenters. The van der Waals surface area contributed by atoms with Crippen molar-refractivity contribution >= 4 is 17.9 Å². The summed E-state index contributed by atoms with van der Waals surface area (Å²) in [5.41, 5.74) is 0. The van der Waals surface area contributed by atoms with E-state index >= 15 is 0 Å². The van der Waals surface area contributed by atoms with Gasteiger partial charge in [-0.25, -0.2) is 0 Å². The van der Waals surface area contributed by atoms with Gasteiger partial charge in [-0.05, 0) is 109 Å². The van der Waals surface area contributed by atoms with Crippen molar-refractivity contribution in [2.45, 2.75) is 264 Å². The second kappa shape index (κ2) is 54.2. The number of unbranched alkanes of at least 4 members (excludes halogenated alkanes) is 24. The predicted molar refractivity (Wildman–Crippen MR) is 284 cm³/mol. The molecule has 0 aliphatic carbocycles. The van der Waals surface area contributed by atoms with Crippen LogP contribution in [0.5, 0.6) is 0 Å². The first-order chi connectivity index (χ1) is 32.5. The van der Waals surface area contributed by atoms with Crippen LogP contribution in [0.15, 0.2) is 85.1 Å². The fourth-order valence-corrected chi connectivity index (χ4v) is 7.52. The molecule has 0 heterocycles. The topological polar surface area (TPSA) is 78.9 Å². The summed E-state index contributed by atoms with van der Waals surface area (Å²) >= 11 is 0. The fourth-order valence-electron chi connectivity index (χ4n) is 7.52. The van der Waals surface area contributed by atoms with Gasteiger partial charge >= 0.3 is 17.9 Å². The lowest BCUT2D eigenvalue weighted by Gasteiger charge is -2.18. The molecule has 0 aliphatic rings. The molecule has 0 rings (SSSR count). The van der Waals surface area contributed by atoms with E-state index in [-0.39, 0.29) is 31.1 Å². The van der Waals surface area contributed by atoms with Crippen LogP contribution in [-0.2, 0) is 28.6 Å². The minimum atomic E-state index is -0.790. The van der Waals surface area contributed by atoms with Gasteiger partial charge in [0.2, 0.25) is 0 Å². The Kier molecular flexibility index (Phi) is 51.4. The van der Waals surface area contributed by atoms with Gasteiger partial charge in [-0.3, -0.25) is 14.4 Å². The standard InChI is InChI=1S/C60H102O6/c1-4-7-10-13-16-19-22-25-28-29-30-31-33-35-38-41-44-47-50-53-59(62)65-56-57(55-64-58(61)52-49-46-43-40-37-34-27-24-21-18-15-12-9-6-3)66-60(63)54-51-48-45-42-39-36-32-26-23-20-17-14-11-8-5-2/h7,9-10,12,16,18-21,23,25,27-28,34,57H,4-6,8,11,13-15,17,22,24,26,29-33,35-56H2,1-3H3/b10-7-,12-9-,19-16-,21-18-,23-20-,28-25-,34-27-. The highest BCUT2D eigenvalue weighted by atomic mass is 16.6. The van der Waals surface area contributed by atoms with Crippen molar-refractivity contribution in [3.8, 4) is 0 Å². The lowest BCUT2D eigenvalue weighted by atomic mass is 10.1. The van der Waals surface area contributed by atoms with E-state index in [0.29, 0.717) is 19.3 Å². The molecule has 0 aromatic carbocycles. The Balaban J connectivity index is 4.40. The van der Waals surface area contributed by atoms with Crippen molar-refractivity contribution < 1.29 is 28.6 Å². The van der Waals surface area contributed by atoms with Crippen molar-refractivity contribution in [1.82, 2.24) is 0 Å². The van der Waals surface area contributed by atoms with E-state index in [1.807, 2.05) is 0 Å². The summed E-state index contributed by atoms with van der Waals surface area (Å²) < 4.78 is 16.8. The van der Waals surface area contributed by atoms with Crippen LogP contribution >= 0.6 is 0 Å². The van der Waals surface area contributed by atoms with Gasteiger partial charge in [-0.15, -0.1) is 0 Å². The average molecular weight is 919 g/mol. The minimum absolute atomic E-state index is 0.0884. The minimum Gasteiger partial charge on any atom is -0.462 e. The quantitative estimate of drug-likeness (QED) is 0.0262. The molecule has 0 amide bonds. The predicted octanol–water partition coefficient (Wildman–Crippen LogP) is 18.4. The third kappa shape index (κ3) is 51.6. The molecule has 66 heavy (non-hydrogen) atoms. The summed E-state index contributed by atoms with van der Waals surface area (Å²) in [7, 11) is 0. The van der Waals surface area contributed by atoms with Crippen LogP contribution in [0.25, 0.3) is 0 Å². The summed E-state index contributed by atoms with van der Waals surface area (Å²) in [5, 5.41) is 0. The third-order valence-corrected chi connectivity index (χ3v) is 11.6. The Morgan fingerprint density at radius 3 is 0.939 bits per heavy atom. The number of hydrogen-bond donors (Lipinski definition) is 0. The number of carbonyl (C=O) groups is 3. The van der Waals surface area contributed by atoms with Crippen molar-refractivity contribution in [3.63, 3.8) is 0 Å².